The van der Waals surface area contributed by atoms with E-state index in [9.17, 15) is 9.50 Å². The summed E-state index contributed by atoms with van der Waals surface area (Å²) in [6.07, 6.45) is 0.786. The second kappa shape index (κ2) is 9.68. The largest absolute Gasteiger partial charge is 0.387 e. The van der Waals surface area contributed by atoms with E-state index in [4.69, 9.17) is 0 Å². The third-order valence-electron chi connectivity index (χ3n) is 3.61. The van der Waals surface area contributed by atoms with Crippen LogP contribution in [0, 0.1) is 5.82 Å². The number of halogens is 2. The second-order valence-corrected chi connectivity index (χ2v) is 6.79. The van der Waals surface area contributed by atoms with Crippen LogP contribution in [0.3, 0.4) is 0 Å². The second-order valence-electron chi connectivity index (χ2n) is 5.68. The smallest absolute Gasteiger partial charge is 0.194 e. The number of hydrogen-bond acceptors (Lipinski definition) is 3. The Bertz CT molecular complexity index is 524. The summed E-state index contributed by atoms with van der Waals surface area (Å²) >= 11 is 1.76. The molecular weight excluding hydrogens is 428 g/mol. The summed E-state index contributed by atoms with van der Waals surface area (Å²) in [5.41, 5.74) is 0.202. The van der Waals surface area contributed by atoms with Crippen LogP contribution in [0.25, 0.3) is 0 Å². The van der Waals surface area contributed by atoms with Gasteiger partial charge in [0.25, 0.3) is 0 Å². The highest BCUT2D eigenvalue weighted by atomic mass is 127. The van der Waals surface area contributed by atoms with Crippen LogP contribution >= 0.6 is 35.7 Å². The lowest BCUT2D eigenvalue weighted by Crippen LogP contribution is -2.41. The van der Waals surface area contributed by atoms with E-state index in [1.807, 2.05) is 24.9 Å². The summed E-state index contributed by atoms with van der Waals surface area (Å²) in [6.45, 7) is 3.72. The van der Waals surface area contributed by atoms with Gasteiger partial charge in [0, 0.05) is 25.9 Å². The van der Waals surface area contributed by atoms with Gasteiger partial charge in [0.1, 0.15) is 5.82 Å². The van der Waals surface area contributed by atoms with Crippen molar-refractivity contribution in [3.05, 3.63) is 35.6 Å². The average Bonchev–Trinajstić information content (AvgIpc) is 2.90. The van der Waals surface area contributed by atoms with Crippen molar-refractivity contribution < 1.29 is 9.50 Å². The number of guanidine groups is 1. The quantitative estimate of drug-likeness (QED) is 0.409. The number of nitrogens with zero attached hydrogens (tertiary/aromatic N) is 2. The molecule has 0 aromatic heterocycles. The molecule has 0 aliphatic carbocycles. The molecule has 1 saturated heterocycles. The molecule has 1 fully saturated rings. The molecule has 0 saturated carbocycles. The summed E-state index contributed by atoms with van der Waals surface area (Å²) in [5, 5.41) is 13.6. The molecule has 0 amide bonds. The number of rotatable bonds is 5. The fourth-order valence-corrected chi connectivity index (χ4v) is 3.68. The molecule has 1 unspecified atom stereocenters. The van der Waals surface area contributed by atoms with Crippen molar-refractivity contribution in [2.45, 2.75) is 25.5 Å². The van der Waals surface area contributed by atoms with Gasteiger partial charge in [0.2, 0.25) is 0 Å². The standard InChI is InChI=1S/C16H24FN3OS.HI/c1-3-18-15(19-11-16(21)7-8-22-12-16)20(2)10-13-5-4-6-14(17)9-13;/h4-6,9,21H,3,7-8,10-12H2,1-2H3,(H,18,19);1H. The SMILES string of the molecule is CCNC(=NCC1(O)CCSC1)N(C)Cc1cccc(F)c1.I. The molecule has 130 valence electrons. The molecule has 2 N–H and O–H groups in total. The average molecular weight is 453 g/mol. The molecular formula is C16H25FIN3OS. The van der Waals surface area contributed by atoms with E-state index < -0.39 is 5.60 Å². The van der Waals surface area contributed by atoms with Crippen molar-refractivity contribution in [1.82, 2.24) is 10.2 Å². The molecule has 1 aliphatic rings. The Labute approximate surface area is 159 Å². The fourth-order valence-electron chi connectivity index (χ4n) is 2.40. The summed E-state index contributed by atoms with van der Waals surface area (Å²) < 4.78 is 13.3. The summed E-state index contributed by atoms with van der Waals surface area (Å²) in [5.74, 6) is 2.23. The van der Waals surface area contributed by atoms with Crippen LogP contribution < -0.4 is 5.32 Å². The predicted molar refractivity (Wildman–Crippen MR) is 106 cm³/mol. The molecule has 1 aliphatic heterocycles. The van der Waals surface area contributed by atoms with E-state index in [0.717, 1.165) is 36.0 Å². The van der Waals surface area contributed by atoms with E-state index in [1.54, 1.807) is 17.8 Å². The van der Waals surface area contributed by atoms with Crippen molar-refractivity contribution in [3.8, 4) is 0 Å². The van der Waals surface area contributed by atoms with Gasteiger partial charge < -0.3 is 15.3 Å². The zero-order chi connectivity index (χ0) is 16.0. The molecule has 4 nitrogen and oxygen atoms in total. The summed E-state index contributed by atoms with van der Waals surface area (Å²) in [6, 6.07) is 6.57. The Hall–Kier alpha value is -0.540. The van der Waals surface area contributed by atoms with Crippen LogP contribution in [-0.2, 0) is 6.54 Å². The van der Waals surface area contributed by atoms with Gasteiger partial charge in [-0.15, -0.1) is 24.0 Å². The Morgan fingerprint density at radius 1 is 1.52 bits per heavy atom. The van der Waals surface area contributed by atoms with Crippen LogP contribution in [0.4, 0.5) is 4.39 Å². The number of hydrogen-bond donors (Lipinski definition) is 2. The Morgan fingerprint density at radius 3 is 2.91 bits per heavy atom. The van der Waals surface area contributed by atoms with Gasteiger partial charge in [-0.05, 0) is 36.8 Å². The first-order valence-corrected chi connectivity index (χ1v) is 8.72. The van der Waals surface area contributed by atoms with Crippen molar-refractivity contribution in [2.75, 3.05) is 31.6 Å². The van der Waals surface area contributed by atoms with E-state index in [2.05, 4.69) is 10.3 Å². The van der Waals surface area contributed by atoms with Crippen LogP contribution in [-0.4, -0.2) is 53.2 Å². The van der Waals surface area contributed by atoms with Gasteiger partial charge in [-0.1, -0.05) is 12.1 Å². The lowest BCUT2D eigenvalue weighted by atomic mass is 10.0. The van der Waals surface area contributed by atoms with Crippen molar-refractivity contribution >= 4 is 41.7 Å². The Balaban J connectivity index is 0.00000264. The normalized spacial score (nSPS) is 21.0. The van der Waals surface area contributed by atoms with Crippen molar-refractivity contribution in [3.63, 3.8) is 0 Å². The van der Waals surface area contributed by atoms with Gasteiger partial charge in [-0.3, -0.25) is 4.99 Å². The lowest BCUT2D eigenvalue weighted by molar-refractivity contribution is 0.0776. The molecule has 0 bridgehead atoms. The summed E-state index contributed by atoms with van der Waals surface area (Å²) in [7, 11) is 1.92. The van der Waals surface area contributed by atoms with E-state index in [0.29, 0.717) is 13.1 Å². The molecule has 1 heterocycles. The highest BCUT2D eigenvalue weighted by Gasteiger charge is 2.31. The van der Waals surface area contributed by atoms with Gasteiger partial charge >= 0.3 is 0 Å². The molecule has 0 spiro atoms. The highest BCUT2D eigenvalue weighted by molar-refractivity contribution is 14.0. The molecule has 23 heavy (non-hydrogen) atoms. The zero-order valence-electron chi connectivity index (χ0n) is 13.6. The maximum Gasteiger partial charge on any atom is 0.194 e. The summed E-state index contributed by atoms with van der Waals surface area (Å²) in [4.78, 5) is 6.51. The number of nitrogens with one attached hydrogen (secondary N) is 1. The minimum absolute atomic E-state index is 0. The number of aliphatic imine (C=N–C) groups is 1. The minimum atomic E-state index is -0.689. The maximum atomic E-state index is 13.3. The maximum absolute atomic E-state index is 13.3. The third-order valence-corrected chi connectivity index (χ3v) is 4.85. The first-order chi connectivity index (χ1) is 10.5. The van der Waals surface area contributed by atoms with Crippen LogP contribution in [0.2, 0.25) is 0 Å². The Morgan fingerprint density at radius 2 is 2.30 bits per heavy atom. The van der Waals surface area contributed by atoms with Gasteiger partial charge in [0.05, 0.1) is 12.1 Å². The molecule has 1 aromatic rings. The van der Waals surface area contributed by atoms with Crippen molar-refractivity contribution in [2.24, 2.45) is 4.99 Å². The fraction of sp³-hybridized carbons (Fsp3) is 0.562. The molecule has 0 radical (unpaired) electrons. The van der Waals surface area contributed by atoms with Crippen LogP contribution in [0.5, 0.6) is 0 Å². The monoisotopic (exact) mass is 453 g/mol. The van der Waals surface area contributed by atoms with Gasteiger partial charge in [0.15, 0.2) is 5.96 Å². The van der Waals surface area contributed by atoms with E-state index in [-0.39, 0.29) is 29.8 Å². The minimum Gasteiger partial charge on any atom is -0.387 e. The molecule has 7 heteroatoms. The van der Waals surface area contributed by atoms with Crippen LogP contribution in [0.15, 0.2) is 29.3 Å². The van der Waals surface area contributed by atoms with Crippen LogP contribution in [0.1, 0.15) is 18.9 Å². The number of aliphatic hydroxyl groups is 1. The molecule has 2 rings (SSSR count). The Kier molecular flexibility index (Phi) is 8.63. The molecule has 1 aromatic carbocycles. The number of benzene rings is 1. The van der Waals surface area contributed by atoms with Crippen molar-refractivity contribution in [1.29, 1.82) is 0 Å². The third kappa shape index (κ3) is 6.46. The van der Waals surface area contributed by atoms with E-state index in [1.165, 1.54) is 12.1 Å². The lowest BCUT2D eigenvalue weighted by Gasteiger charge is -2.24. The predicted octanol–water partition coefficient (Wildman–Crippen LogP) is 2.71. The topological polar surface area (TPSA) is 47.9 Å². The zero-order valence-corrected chi connectivity index (χ0v) is 16.7. The van der Waals surface area contributed by atoms with Gasteiger partial charge in [-0.2, -0.15) is 11.8 Å². The van der Waals surface area contributed by atoms with E-state index >= 15 is 0 Å². The number of thioether (sulfide) groups is 1. The van der Waals surface area contributed by atoms with Gasteiger partial charge in [-0.25, -0.2) is 4.39 Å². The first-order valence-electron chi connectivity index (χ1n) is 7.56. The first kappa shape index (κ1) is 20.5. The highest BCUT2D eigenvalue weighted by Crippen LogP contribution is 2.27. The molecule has 1 atom stereocenters.